The van der Waals surface area contributed by atoms with Crippen molar-refractivity contribution in [1.29, 1.82) is 0 Å². The van der Waals surface area contributed by atoms with Gasteiger partial charge in [-0.2, -0.15) is 0 Å². The maximum atomic E-state index is 13.5. The third-order valence-electron chi connectivity index (χ3n) is 2.98. The van der Waals surface area contributed by atoms with Gasteiger partial charge in [-0.3, -0.25) is 11.3 Å². The zero-order valence-corrected chi connectivity index (χ0v) is 11.9. The Labute approximate surface area is 122 Å². The largest absolute Gasteiger partial charge is 0.271 e. The van der Waals surface area contributed by atoms with Gasteiger partial charge in [-0.1, -0.05) is 18.2 Å². The molecule has 3 N–H and O–H groups in total. The molecular formula is C14H12BrF3N2. The highest BCUT2D eigenvalue weighted by Gasteiger charge is 2.16. The molecule has 2 nitrogen and oxygen atoms in total. The fourth-order valence-electron chi connectivity index (χ4n) is 1.95. The number of nitrogens with one attached hydrogen (secondary N) is 1. The smallest absolute Gasteiger partial charge is 0.159 e. The van der Waals surface area contributed by atoms with Gasteiger partial charge in [-0.15, -0.1) is 0 Å². The quantitative estimate of drug-likeness (QED) is 0.656. The second-order valence-electron chi connectivity index (χ2n) is 4.31. The van der Waals surface area contributed by atoms with Crippen LogP contribution in [-0.4, -0.2) is 0 Å². The third kappa shape index (κ3) is 3.20. The van der Waals surface area contributed by atoms with Crippen LogP contribution >= 0.6 is 15.9 Å². The van der Waals surface area contributed by atoms with E-state index < -0.39 is 23.5 Å². The lowest BCUT2D eigenvalue weighted by molar-refractivity contribution is 0.501. The summed E-state index contributed by atoms with van der Waals surface area (Å²) < 4.78 is 39.9. The molecule has 0 aromatic heterocycles. The molecule has 106 valence electrons. The number of hydrogen-bond donors (Lipinski definition) is 2. The normalized spacial score (nSPS) is 12.4. The second kappa shape index (κ2) is 6.39. The summed E-state index contributed by atoms with van der Waals surface area (Å²) in [6.45, 7) is 0. The van der Waals surface area contributed by atoms with Crippen molar-refractivity contribution >= 4 is 15.9 Å². The van der Waals surface area contributed by atoms with E-state index in [0.717, 1.165) is 12.1 Å². The summed E-state index contributed by atoms with van der Waals surface area (Å²) >= 11 is 3.16. The van der Waals surface area contributed by atoms with E-state index in [1.165, 1.54) is 12.1 Å². The number of nitrogens with two attached hydrogens (primary N) is 1. The number of rotatable bonds is 4. The first-order chi connectivity index (χ1) is 9.52. The van der Waals surface area contributed by atoms with E-state index >= 15 is 0 Å². The molecule has 0 aliphatic heterocycles. The van der Waals surface area contributed by atoms with Gasteiger partial charge < -0.3 is 0 Å². The van der Waals surface area contributed by atoms with Crippen LogP contribution in [0.1, 0.15) is 17.2 Å². The number of hydrogen-bond acceptors (Lipinski definition) is 2. The minimum atomic E-state index is -0.920. The summed E-state index contributed by atoms with van der Waals surface area (Å²) in [5.41, 5.74) is 3.72. The Bertz CT molecular complexity index is 619. The van der Waals surface area contributed by atoms with E-state index in [4.69, 9.17) is 5.84 Å². The standard InChI is InChI=1S/C14H12BrF3N2/c15-14-9(2-1-3-11(14)17)13(20-19)7-8-4-5-10(16)12(18)6-8/h1-6,13,20H,7,19H2. The van der Waals surface area contributed by atoms with E-state index in [1.807, 2.05) is 0 Å². The van der Waals surface area contributed by atoms with Crippen LogP contribution in [-0.2, 0) is 6.42 Å². The summed E-state index contributed by atoms with van der Waals surface area (Å²) in [7, 11) is 0. The SMILES string of the molecule is NNC(Cc1ccc(F)c(F)c1)c1cccc(F)c1Br. The fourth-order valence-corrected chi connectivity index (χ4v) is 2.49. The minimum absolute atomic E-state index is 0.297. The third-order valence-corrected chi connectivity index (χ3v) is 3.82. The van der Waals surface area contributed by atoms with E-state index in [9.17, 15) is 13.2 Å². The van der Waals surface area contributed by atoms with Gasteiger partial charge in [0.05, 0.1) is 10.5 Å². The van der Waals surface area contributed by atoms with Crippen LogP contribution < -0.4 is 11.3 Å². The van der Waals surface area contributed by atoms with Crippen molar-refractivity contribution in [3.63, 3.8) is 0 Å². The highest BCUT2D eigenvalue weighted by Crippen LogP contribution is 2.28. The molecule has 2 aromatic rings. The van der Waals surface area contributed by atoms with Crippen molar-refractivity contribution < 1.29 is 13.2 Å². The zero-order valence-electron chi connectivity index (χ0n) is 10.3. The van der Waals surface area contributed by atoms with Gasteiger partial charge in [-0.05, 0) is 51.7 Å². The molecule has 0 aliphatic carbocycles. The van der Waals surface area contributed by atoms with Gasteiger partial charge in [0.1, 0.15) is 5.82 Å². The first-order valence-corrected chi connectivity index (χ1v) is 6.66. The molecule has 0 bridgehead atoms. The molecule has 2 aromatic carbocycles. The van der Waals surface area contributed by atoms with Crippen molar-refractivity contribution in [3.8, 4) is 0 Å². The predicted octanol–water partition coefficient (Wildman–Crippen LogP) is 3.61. The number of benzene rings is 2. The lowest BCUT2D eigenvalue weighted by atomic mass is 9.99. The highest BCUT2D eigenvalue weighted by molar-refractivity contribution is 9.10. The summed E-state index contributed by atoms with van der Waals surface area (Å²) in [5, 5.41) is 0. The summed E-state index contributed by atoms with van der Waals surface area (Å²) in [5.74, 6) is 3.24. The Morgan fingerprint density at radius 2 is 1.80 bits per heavy atom. The molecule has 1 atom stereocenters. The maximum absolute atomic E-state index is 13.5. The van der Waals surface area contributed by atoms with Crippen molar-refractivity contribution in [2.24, 2.45) is 5.84 Å². The first-order valence-electron chi connectivity index (χ1n) is 5.87. The number of halogens is 4. The topological polar surface area (TPSA) is 38.0 Å². The molecule has 0 saturated heterocycles. The van der Waals surface area contributed by atoms with Crippen molar-refractivity contribution in [3.05, 3.63) is 69.4 Å². The van der Waals surface area contributed by atoms with Crippen LogP contribution in [0.2, 0.25) is 0 Å². The van der Waals surface area contributed by atoms with Crippen LogP contribution in [0.3, 0.4) is 0 Å². The molecule has 20 heavy (non-hydrogen) atoms. The Hall–Kier alpha value is -1.37. The molecule has 2 rings (SSSR count). The van der Waals surface area contributed by atoms with Gasteiger partial charge in [0.2, 0.25) is 0 Å². The molecule has 0 heterocycles. The lowest BCUT2D eigenvalue weighted by Crippen LogP contribution is -2.30. The molecule has 1 unspecified atom stereocenters. The Kier molecular flexibility index (Phi) is 4.80. The molecule has 0 saturated carbocycles. The van der Waals surface area contributed by atoms with E-state index in [1.54, 1.807) is 12.1 Å². The Balaban J connectivity index is 2.28. The molecule has 0 radical (unpaired) electrons. The van der Waals surface area contributed by atoms with Crippen LogP contribution in [0.5, 0.6) is 0 Å². The van der Waals surface area contributed by atoms with Crippen molar-refractivity contribution in [2.75, 3.05) is 0 Å². The van der Waals surface area contributed by atoms with Gasteiger partial charge >= 0.3 is 0 Å². The van der Waals surface area contributed by atoms with Gasteiger partial charge in [0, 0.05) is 0 Å². The molecule has 0 amide bonds. The van der Waals surface area contributed by atoms with E-state index in [-0.39, 0.29) is 0 Å². The highest BCUT2D eigenvalue weighted by atomic mass is 79.9. The lowest BCUT2D eigenvalue weighted by Gasteiger charge is -2.18. The van der Waals surface area contributed by atoms with Crippen LogP contribution in [0.15, 0.2) is 40.9 Å². The van der Waals surface area contributed by atoms with Crippen molar-refractivity contribution in [1.82, 2.24) is 5.43 Å². The van der Waals surface area contributed by atoms with E-state index in [0.29, 0.717) is 22.0 Å². The van der Waals surface area contributed by atoms with Crippen LogP contribution in [0.4, 0.5) is 13.2 Å². The summed E-state index contributed by atoms with van der Waals surface area (Å²) in [4.78, 5) is 0. The predicted molar refractivity (Wildman–Crippen MR) is 74.2 cm³/mol. The second-order valence-corrected chi connectivity index (χ2v) is 5.11. The van der Waals surface area contributed by atoms with Gasteiger partial charge in [0.15, 0.2) is 11.6 Å². The van der Waals surface area contributed by atoms with Crippen molar-refractivity contribution in [2.45, 2.75) is 12.5 Å². The average Bonchev–Trinajstić information content (AvgIpc) is 2.43. The molecular weight excluding hydrogens is 333 g/mol. The minimum Gasteiger partial charge on any atom is -0.271 e. The van der Waals surface area contributed by atoms with Crippen LogP contribution in [0.25, 0.3) is 0 Å². The fraction of sp³-hybridized carbons (Fsp3) is 0.143. The Morgan fingerprint density at radius 1 is 1.05 bits per heavy atom. The van der Waals surface area contributed by atoms with E-state index in [2.05, 4.69) is 21.4 Å². The van der Waals surface area contributed by atoms with Gasteiger partial charge in [0.25, 0.3) is 0 Å². The molecule has 0 aliphatic rings. The molecule has 0 spiro atoms. The zero-order chi connectivity index (χ0) is 14.7. The first kappa shape index (κ1) is 15.0. The van der Waals surface area contributed by atoms with Crippen LogP contribution in [0, 0.1) is 17.5 Å². The monoisotopic (exact) mass is 344 g/mol. The molecule has 0 fully saturated rings. The van der Waals surface area contributed by atoms with Gasteiger partial charge in [-0.25, -0.2) is 13.2 Å². The number of hydrazine groups is 1. The average molecular weight is 345 g/mol. The molecule has 6 heteroatoms. The summed E-state index contributed by atoms with van der Waals surface area (Å²) in [6, 6.07) is 7.79. The summed E-state index contributed by atoms with van der Waals surface area (Å²) in [6.07, 6.45) is 0.301. The Morgan fingerprint density at radius 3 is 2.45 bits per heavy atom. The maximum Gasteiger partial charge on any atom is 0.159 e.